The Labute approximate surface area is 92.5 Å². The van der Waals surface area contributed by atoms with Crippen LogP contribution in [0.4, 0.5) is 0 Å². The van der Waals surface area contributed by atoms with Gasteiger partial charge in [-0.15, -0.1) is 0 Å². The van der Waals surface area contributed by atoms with Gasteiger partial charge in [0.15, 0.2) is 0 Å². The van der Waals surface area contributed by atoms with E-state index in [9.17, 15) is 4.79 Å². The first-order valence-electron chi connectivity index (χ1n) is 6.04. The van der Waals surface area contributed by atoms with Gasteiger partial charge < -0.3 is 5.11 Å². The third kappa shape index (κ3) is 4.20. The molecule has 3 heteroatoms. The second-order valence-electron chi connectivity index (χ2n) is 4.81. The first-order valence-corrected chi connectivity index (χ1v) is 6.04. The maximum absolute atomic E-state index is 10.8. The number of carboxylic acid groups (broad SMARTS) is 1. The molecule has 1 rings (SSSR count). The summed E-state index contributed by atoms with van der Waals surface area (Å²) in [5.41, 5.74) is 0. The minimum atomic E-state index is -0.717. The summed E-state index contributed by atoms with van der Waals surface area (Å²) in [5, 5.41) is 8.90. The average molecular weight is 213 g/mol. The lowest BCUT2D eigenvalue weighted by Crippen LogP contribution is -2.38. The summed E-state index contributed by atoms with van der Waals surface area (Å²) < 4.78 is 0. The lowest BCUT2D eigenvalue weighted by atomic mass is 9.99. The molecule has 0 aromatic carbocycles. The van der Waals surface area contributed by atoms with Gasteiger partial charge >= 0.3 is 5.97 Å². The number of carbonyl (C=O) groups is 1. The first kappa shape index (κ1) is 12.5. The molecule has 0 aromatic heterocycles. The second kappa shape index (κ2) is 6.11. The number of carboxylic acids is 1. The van der Waals surface area contributed by atoms with Gasteiger partial charge in [-0.25, -0.2) is 0 Å². The zero-order valence-corrected chi connectivity index (χ0v) is 9.91. The molecule has 1 aliphatic carbocycles. The Morgan fingerprint density at radius 1 is 1.33 bits per heavy atom. The standard InChI is InChI=1S/C12H23NO2/c1-10(12(14)15)13(2)9-11-7-5-3-4-6-8-11/h10-11H,3-9H2,1-2H3,(H,14,15). The molecular formula is C12H23NO2. The Balaban J connectivity index is 2.35. The van der Waals surface area contributed by atoms with E-state index in [1.807, 2.05) is 11.9 Å². The van der Waals surface area contributed by atoms with Crippen molar-refractivity contribution in [2.45, 2.75) is 51.5 Å². The van der Waals surface area contributed by atoms with Crippen molar-refractivity contribution in [3.8, 4) is 0 Å². The van der Waals surface area contributed by atoms with Crippen LogP contribution in [0.25, 0.3) is 0 Å². The van der Waals surface area contributed by atoms with Crippen molar-refractivity contribution in [2.75, 3.05) is 13.6 Å². The van der Waals surface area contributed by atoms with Crippen LogP contribution >= 0.6 is 0 Å². The van der Waals surface area contributed by atoms with Gasteiger partial charge in [-0.05, 0) is 32.7 Å². The van der Waals surface area contributed by atoms with Crippen molar-refractivity contribution in [3.63, 3.8) is 0 Å². The first-order chi connectivity index (χ1) is 7.11. The van der Waals surface area contributed by atoms with Crippen LogP contribution in [0.2, 0.25) is 0 Å². The Hall–Kier alpha value is -0.570. The summed E-state index contributed by atoms with van der Waals surface area (Å²) in [6.07, 6.45) is 7.90. The third-order valence-electron chi connectivity index (χ3n) is 3.54. The van der Waals surface area contributed by atoms with E-state index in [4.69, 9.17) is 5.11 Å². The molecule has 1 fully saturated rings. The van der Waals surface area contributed by atoms with Gasteiger partial charge in [-0.2, -0.15) is 0 Å². The quantitative estimate of drug-likeness (QED) is 0.729. The fourth-order valence-electron chi connectivity index (χ4n) is 2.30. The molecule has 1 atom stereocenters. The summed E-state index contributed by atoms with van der Waals surface area (Å²) in [6, 6.07) is -0.353. The molecule has 15 heavy (non-hydrogen) atoms. The number of rotatable bonds is 4. The highest BCUT2D eigenvalue weighted by Crippen LogP contribution is 2.23. The van der Waals surface area contributed by atoms with Crippen LogP contribution in [0.5, 0.6) is 0 Å². The molecule has 1 saturated carbocycles. The van der Waals surface area contributed by atoms with Crippen LogP contribution in [0.15, 0.2) is 0 Å². The third-order valence-corrected chi connectivity index (χ3v) is 3.54. The summed E-state index contributed by atoms with van der Waals surface area (Å²) in [7, 11) is 1.92. The maximum Gasteiger partial charge on any atom is 0.320 e. The highest BCUT2D eigenvalue weighted by molar-refractivity contribution is 5.72. The van der Waals surface area contributed by atoms with Gasteiger partial charge in [0.1, 0.15) is 6.04 Å². The normalized spacial score (nSPS) is 21.3. The Bertz CT molecular complexity index is 198. The summed E-state index contributed by atoms with van der Waals surface area (Å²) in [4.78, 5) is 12.8. The maximum atomic E-state index is 10.8. The zero-order chi connectivity index (χ0) is 11.3. The van der Waals surface area contributed by atoms with Crippen molar-refractivity contribution in [1.82, 2.24) is 4.90 Å². The molecule has 88 valence electrons. The summed E-state index contributed by atoms with van der Waals surface area (Å²) in [5.74, 6) is -0.00887. The van der Waals surface area contributed by atoms with Crippen molar-refractivity contribution in [1.29, 1.82) is 0 Å². The van der Waals surface area contributed by atoms with E-state index in [1.165, 1.54) is 38.5 Å². The molecule has 0 heterocycles. The molecule has 0 amide bonds. The molecule has 1 N–H and O–H groups in total. The second-order valence-corrected chi connectivity index (χ2v) is 4.81. The molecule has 0 spiro atoms. The molecule has 1 aliphatic rings. The molecule has 0 aliphatic heterocycles. The van der Waals surface area contributed by atoms with Crippen molar-refractivity contribution >= 4 is 5.97 Å². The zero-order valence-electron chi connectivity index (χ0n) is 9.91. The number of nitrogens with zero attached hydrogens (tertiary/aromatic N) is 1. The molecule has 3 nitrogen and oxygen atoms in total. The molecule has 0 saturated heterocycles. The van der Waals surface area contributed by atoms with Gasteiger partial charge in [0.05, 0.1) is 0 Å². The average Bonchev–Trinajstić information content (AvgIpc) is 2.45. The van der Waals surface area contributed by atoms with Crippen LogP contribution in [-0.2, 0) is 4.79 Å². The SMILES string of the molecule is CC(C(=O)O)N(C)CC1CCCCCC1. The summed E-state index contributed by atoms with van der Waals surface area (Å²) in [6.45, 7) is 2.70. The van der Waals surface area contributed by atoms with Gasteiger partial charge in [0, 0.05) is 6.54 Å². The lowest BCUT2D eigenvalue weighted by Gasteiger charge is -2.26. The number of hydrogen-bond acceptors (Lipinski definition) is 2. The minimum absolute atomic E-state index is 0.353. The lowest BCUT2D eigenvalue weighted by molar-refractivity contribution is -0.142. The van der Waals surface area contributed by atoms with Crippen LogP contribution in [0, 0.1) is 5.92 Å². The van der Waals surface area contributed by atoms with E-state index in [-0.39, 0.29) is 6.04 Å². The fraction of sp³-hybridized carbons (Fsp3) is 0.917. The topological polar surface area (TPSA) is 40.5 Å². The number of hydrogen-bond donors (Lipinski definition) is 1. The van der Waals surface area contributed by atoms with E-state index >= 15 is 0 Å². The molecule has 0 radical (unpaired) electrons. The van der Waals surface area contributed by atoms with Gasteiger partial charge in [-0.3, -0.25) is 9.69 Å². The Kier molecular flexibility index (Phi) is 5.09. The number of likely N-dealkylation sites (N-methyl/N-ethyl adjacent to an activating group) is 1. The monoisotopic (exact) mass is 213 g/mol. The van der Waals surface area contributed by atoms with Gasteiger partial charge in [0.2, 0.25) is 0 Å². The van der Waals surface area contributed by atoms with Crippen LogP contribution < -0.4 is 0 Å². The molecule has 0 bridgehead atoms. The van der Waals surface area contributed by atoms with Crippen molar-refractivity contribution in [3.05, 3.63) is 0 Å². The van der Waals surface area contributed by atoms with Crippen molar-refractivity contribution < 1.29 is 9.90 Å². The van der Waals surface area contributed by atoms with Crippen LogP contribution in [0.1, 0.15) is 45.4 Å². The van der Waals surface area contributed by atoms with Crippen molar-refractivity contribution in [2.24, 2.45) is 5.92 Å². The molecule has 0 aromatic rings. The fourth-order valence-corrected chi connectivity index (χ4v) is 2.30. The van der Waals surface area contributed by atoms with E-state index in [0.717, 1.165) is 6.54 Å². The van der Waals surface area contributed by atoms with E-state index < -0.39 is 5.97 Å². The predicted octanol–water partition coefficient (Wildman–Crippen LogP) is 2.36. The largest absolute Gasteiger partial charge is 0.480 e. The predicted molar refractivity (Wildman–Crippen MR) is 60.9 cm³/mol. The number of aliphatic carboxylic acids is 1. The minimum Gasteiger partial charge on any atom is -0.480 e. The highest BCUT2D eigenvalue weighted by atomic mass is 16.4. The molecule has 1 unspecified atom stereocenters. The van der Waals surface area contributed by atoms with E-state index in [1.54, 1.807) is 6.92 Å². The Morgan fingerprint density at radius 2 is 1.87 bits per heavy atom. The van der Waals surface area contributed by atoms with E-state index in [0.29, 0.717) is 5.92 Å². The van der Waals surface area contributed by atoms with Gasteiger partial charge in [-0.1, -0.05) is 25.7 Å². The van der Waals surface area contributed by atoms with Crippen LogP contribution in [-0.4, -0.2) is 35.6 Å². The smallest absolute Gasteiger partial charge is 0.320 e. The summed E-state index contributed by atoms with van der Waals surface area (Å²) >= 11 is 0. The van der Waals surface area contributed by atoms with Crippen LogP contribution in [0.3, 0.4) is 0 Å². The van der Waals surface area contributed by atoms with E-state index in [2.05, 4.69) is 0 Å². The highest BCUT2D eigenvalue weighted by Gasteiger charge is 2.20. The molecular weight excluding hydrogens is 190 g/mol. The van der Waals surface area contributed by atoms with Gasteiger partial charge in [0.25, 0.3) is 0 Å². The Morgan fingerprint density at radius 3 is 2.33 bits per heavy atom.